The van der Waals surface area contributed by atoms with Gasteiger partial charge in [0.15, 0.2) is 0 Å². The Balaban J connectivity index is 2.14. The molecule has 0 amide bonds. The molecule has 1 aromatic rings. The first-order valence-electron chi connectivity index (χ1n) is 6.84. The van der Waals surface area contributed by atoms with Crippen molar-refractivity contribution in [1.82, 2.24) is 4.72 Å². The molecule has 20 heavy (non-hydrogen) atoms. The Morgan fingerprint density at radius 2 is 2.00 bits per heavy atom. The van der Waals surface area contributed by atoms with Crippen molar-refractivity contribution in [2.24, 2.45) is 11.7 Å². The van der Waals surface area contributed by atoms with Crippen molar-refractivity contribution in [1.29, 1.82) is 0 Å². The fourth-order valence-electron chi connectivity index (χ4n) is 2.18. The van der Waals surface area contributed by atoms with E-state index in [0.717, 1.165) is 31.2 Å². The Labute approximate surface area is 125 Å². The minimum absolute atomic E-state index is 0.221. The molecule has 3 N–H and O–H groups in total. The fourth-order valence-corrected chi connectivity index (χ4v) is 3.79. The van der Waals surface area contributed by atoms with Crippen LogP contribution in [0.1, 0.15) is 31.7 Å². The summed E-state index contributed by atoms with van der Waals surface area (Å²) < 4.78 is 27.3. The van der Waals surface area contributed by atoms with Gasteiger partial charge >= 0.3 is 0 Å². The highest BCUT2D eigenvalue weighted by atomic mass is 32.2. The zero-order valence-electron chi connectivity index (χ0n) is 11.5. The first kappa shape index (κ1) is 15.4. The van der Waals surface area contributed by atoms with Crippen molar-refractivity contribution in [3.8, 4) is 0 Å². The minimum atomic E-state index is -3.56. The quantitative estimate of drug-likeness (QED) is 0.755. The van der Waals surface area contributed by atoms with Crippen LogP contribution in [0.2, 0.25) is 0 Å². The van der Waals surface area contributed by atoms with Crippen molar-refractivity contribution < 1.29 is 8.42 Å². The Bertz CT molecular complexity index is 578. The molecule has 0 radical (unpaired) electrons. The lowest BCUT2D eigenvalue weighted by Crippen LogP contribution is -2.44. The van der Waals surface area contributed by atoms with Crippen molar-refractivity contribution in [2.45, 2.75) is 43.5 Å². The van der Waals surface area contributed by atoms with Crippen LogP contribution in [0.15, 0.2) is 29.2 Å². The Hall–Kier alpha value is -0.980. The largest absolute Gasteiger partial charge is 0.392 e. The summed E-state index contributed by atoms with van der Waals surface area (Å²) in [6.45, 7) is 2.09. The van der Waals surface area contributed by atoms with E-state index in [-0.39, 0.29) is 15.8 Å². The van der Waals surface area contributed by atoms with Gasteiger partial charge in [-0.2, -0.15) is 0 Å². The Kier molecular flexibility index (Phi) is 4.78. The molecule has 0 saturated heterocycles. The van der Waals surface area contributed by atoms with Crippen LogP contribution in [0.5, 0.6) is 0 Å². The van der Waals surface area contributed by atoms with E-state index in [4.69, 9.17) is 18.0 Å². The third-order valence-electron chi connectivity index (χ3n) is 3.45. The Morgan fingerprint density at radius 3 is 2.45 bits per heavy atom. The molecule has 2 rings (SSSR count). The van der Waals surface area contributed by atoms with Crippen LogP contribution in [0, 0.1) is 5.92 Å². The van der Waals surface area contributed by atoms with Gasteiger partial charge in [0.25, 0.3) is 0 Å². The number of nitrogens with two attached hydrogens (primary N) is 1. The van der Waals surface area contributed by atoms with Gasteiger partial charge in [0.2, 0.25) is 10.0 Å². The van der Waals surface area contributed by atoms with Crippen molar-refractivity contribution >= 4 is 27.2 Å². The maximum absolute atomic E-state index is 12.3. The average Bonchev–Trinajstić information content (AvgIpc) is 3.21. The number of benzene rings is 1. The summed E-state index contributed by atoms with van der Waals surface area (Å²) in [5, 5.41) is 0. The highest BCUT2D eigenvalue weighted by molar-refractivity contribution is 7.89. The summed E-state index contributed by atoms with van der Waals surface area (Å²) in [7, 11) is -3.56. The van der Waals surface area contributed by atoms with Gasteiger partial charge in [-0.3, -0.25) is 0 Å². The van der Waals surface area contributed by atoms with Crippen molar-refractivity contribution in [3.63, 3.8) is 0 Å². The lowest BCUT2D eigenvalue weighted by Gasteiger charge is -2.17. The van der Waals surface area contributed by atoms with Crippen LogP contribution < -0.4 is 10.5 Å². The van der Waals surface area contributed by atoms with E-state index >= 15 is 0 Å². The zero-order valence-corrected chi connectivity index (χ0v) is 13.1. The number of hydrogen-bond donors (Lipinski definition) is 2. The SMILES string of the molecule is CCCc1ccc(S(=O)(=O)NC(C(N)=S)C2CC2)cc1. The third-order valence-corrected chi connectivity index (χ3v) is 5.17. The third kappa shape index (κ3) is 3.77. The second kappa shape index (κ2) is 6.20. The molecule has 1 atom stereocenters. The second-order valence-corrected chi connectivity index (χ2v) is 7.42. The monoisotopic (exact) mass is 312 g/mol. The standard InChI is InChI=1S/C14H20N2O2S2/c1-2-3-10-4-8-12(9-5-10)20(17,18)16-13(14(15)19)11-6-7-11/h4-5,8-9,11,13,16H,2-3,6-7H2,1H3,(H2,15,19). The van der Waals surface area contributed by atoms with Crippen molar-refractivity contribution in [2.75, 3.05) is 0 Å². The number of sulfonamides is 1. The van der Waals surface area contributed by atoms with Gasteiger partial charge in [-0.1, -0.05) is 37.7 Å². The first-order chi connectivity index (χ1) is 9.44. The molecule has 1 aliphatic rings. The molecule has 1 aromatic carbocycles. The molecule has 1 fully saturated rings. The molecule has 0 aliphatic heterocycles. The van der Waals surface area contributed by atoms with Crippen LogP contribution >= 0.6 is 12.2 Å². The van der Waals surface area contributed by atoms with Gasteiger partial charge in [0.1, 0.15) is 0 Å². The van der Waals surface area contributed by atoms with Gasteiger partial charge in [-0.05, 0) is 42.9 Å². The van der Waals surface area contributed by atoms with Crippen molar-refractivity contribution in [3.05, 3.63) is 29.8 Å². The molecule has 0 aromatic heterocycles. The lowest BCUT2D eigenvalue weighted by atomic mass is 10.1. The van der Waals surface area contributed by atoms with E-state index in [9.17, 15) is 8.42 Å². The summed E-state index contributed by atoms with van der Waals surface area (Å²) in [6, 6.07) is 6.55. The van der Waals surface area contributed by atoms with Crippen LogP contribution in [0.3, 0.4) is 0 Å². The predicted octanol–water partition coefficient (Wildman–Crippen LogP) is 1.98. The molecule has 1 aliphatic carbocycles. The molecule has 0 heterocycles. The minimum Gasteiger partial charge on any atom is -0.392 e. The topological polar surface area (TPSA) is 72.2 Å². The summed E-state index contributed by atoms with van der Waals surface area (Å²) >= 11 is 4.96. The normalized spacial score (nSPS) is 16.9. The maximum Gasteiger partial charge on any atom is 0.241 e. The second-order valence-electron chi connectivity index (χ2n) is 5.23. The molecular weight excluding hydrogens is 292 g/mol. The van der Waals surface area contributed by atoms with Gasteiger partial charge < -0.3 is 5.73 Å². The fraction of sp³-hybridized carbons (Fsp3) is 0.500. The highest BCUT2D eigenvalue weighted by Crippen LogP contribution is 2.33. The van der Waals surface area contributed by atoms with Gasteiger partial charge in [0, 0.05) is 0 Å². The summed E-state index contributed by atoms with van der Waals surface area (Å²) in [5.41, 5.74) is 6.77. The van der Waals surface area contributed by atoms with Crippen LogP contribution in [-0.2, 0) is 16.4 Å². The molecule has 4 nitrogen and oxygen atoms in total. The number of hydrogen-bond acceptors (Lipinski definition) is 3. The molecule has 110 valence electrons. The van der Waals surface area contributed by atoms with E-state index in [1.54, 1.807) is 12.1 Å². The first-order valence-corrected chi connectivity index (χ1v) is 8.74. The average molecular weight is 312 g/mol. The number of aryl methyl sites for hydroxylation is 1. The Morgan fingerprint density at radius 1 is 1.40 bits per heavy atom. The summed E-state index contributed by atoms with van der Waals surface area (Å²) in [6.07, 6.45) is 3.93. The van der Waals surface area contributed by atoms with E-state index < -0.39 is 16.1 Å². The van der Waals surface area contributed by atoms with E-state index in [1.807, 2.05) is 12.1 Å². The van der Waals surface area contributed by atoms with E-state index in [1.165, 1.54) is 0 Å². The van der Waals surface area contributed by atoms with Gasteiger partial charge in [-0.15, -0.1) is 0 Å². The van der Waals surface area contributed by atoms with Gasteiger partial charge in [-0.25, -0.2) is 13.1 Å². The summed E-state index contributed by atoms with van der Waals surface area (Å²) in [4.78, 5) is 0.484. The molecule has 1 unspecified atom stereocenters. The van der Waals surface area contributed by atoms with Gasteiger partial charge in [0.05, 0.1) is 15.9 Å². The van der Waals surface area contributed by atoms with Crippen LogP contribution in [0.4, 0.5) is 0 Å². The molecule has 0 spiro atoms. The zero-order chi connectivity index (χ0) is 14.8. The number of thiocarbonyl (C=S) groups is 1. The lowest BCUT2D eigenvalue weighted by molar-refractivity contribution is 0.565. The molecular formula is C14H20N2O2S2. The highest BCUT2D eigenvalue weighted by Gasteiger charge is 2.36. The maximum atomic E-state index is 12.3. The molecule has 6 heteroatoms. The van der Waals surface area contributed by atoms with E-state index in [2.05, 4.69) is 11.6 Å². The van der Waals surface area contributed by atoms with Crippen LogP contribution in [0.25, 0.3) is 0 Å². The number of nitrogens with one attached hydrogen (secondary N) is 1. The van der Waals surface area contributed by atoms with Crippen LogP contribution in [-0.4, -0.2) is 19.4 Å². The summed E-state index contributed by atoms with van der Waals surface area (Å²) in [5.74, 6) is 0.252. The molecule has 0 bridgehead atoms. The van der Waals surface area contributed by atoms with E-state index in [0.29, 0.717) is 0 Å². The predicted molar refractivity (Wildman–Crippen MR) is 84.1 cm³/mol. The molecule has 1 saturated carbocycles. The number of rotatable bonds is 7. The smallest absolute Gasteiger partial charge is 0.241 e.